The van der Waals surface area contributed by atoms with Crippen LogP contribution in [0.25, 0.3) is 0 Å². The summed E-state index contributed by atoms with van der Waals surface area (Å²) < 4.78 is 0. The van der Waals surface area contributed by atoms with Crippen molar-refractivity contribution in [3.05, 3.63) is 78.4 Å². The highest BCUT2D eigenvalue weighted by atomic mass is 32.2. The van der Waals surface area contributed by atoms with Crippen molar-refractivity contribution >= 4 is 34.7 Å². The van der Waals surface area contributed by atoms with E-state index in [2.05, 4.69) is 34.5 Å². The average Bonchev–Trinajstić information content (AvgIpc) is 2.71. The van der Waals surface area contributed by atoms with E-state index in [1.54, 1.807) is 17.8 Å². The second-order valence-corrected chi connectivity index (χ2v) is 7.43. The largest absolute Gasteiger partial charge is 0.392 e. The van der Waals surface area contributed by atoms with Gasteiger partial charge in [0.1, 0.15) is 0 Å². The van der Waals surface area contributed by atoms with E-state index >= 15 is 0 Å². The molecule has 0 saturated carbocycles. The molecule has 0 aliphatic carbocycles. The van der Waals surface area contributed by atoms with Gasteiger partial charge in [0.15, 0.2) is 0 Å². The molecule has 0 aromatic heterocycles. The highest BCUT2D eigenvalue weighted by molar-refractivity contribution is 7.99. The monoisotopic (exact) mass is 376 g/mol. The molecule has 1 amide bonds. The molecule has 0 radical (unpaired) electrons. The van der Waals surface area contributed by atoms with Crippen molar-refractivity contribution in [2.75, 3.05) is 16.8 Å². The van der Waals surface area contributed by atoms with Crippen LogP contribution in [0.4, 0.5) is 17.1 Å². The Morgan fingerprint density at radius 3 is 2.26 bits per heavy atom. The molecule has 0 fully saturated rings. The summed E-state index contributed by atoms with van der Waals surface area (Å²) in [6.07, 6.45) is 0.372. The first-order chi connectivity index (χ1) is 13.2. The van der Waals surface area contributed by atoms with Crippen LogP contribution >= 0.6 is 11.8 Å². The fourth-order valence-corrected chi connectivity index (χ4v) is 4.30. The zero-order valence-corrected chi connectivity index (χ0v) is 15.6. The third kappa shape index (κ3) is 3.84. The van der Waals surface area contributed by atoms with Crippen LogP contribution in [0.3, 0.4) is 0 Å². The Bertz CT molecular complexity index is 928. The van der Waals surface area contributed by atoms with Gasteiger partial charge in [-0.1, -0.05) is 48.2 Å². The van der Waals surface area contributed by atoms with Crippen molar-refractivity contribution in [2.45, 2.75) is 22.8 Å². The number of nitrogens with one attached hydrogen (secondary N) is 1. The first kappa shape index (κ1) is 17.6. The molecule has 3 aromatic carbocycles. The number of hydrogen-bond acceptors (Lipinski definition) is 4. The minimum atomic E-state index is -0.0433. The van der Waals surface area contributed by atoms with Gasteiger partial charge in [0.2, 0.25) is 5.91 Å². The lowest BCUT2D eigenvalue weighted by Crippen LogP contribution is -2.25. The molecule has 0 saturated heterocycles. The lowest BCUT2D eigenvalue weighted by atomic mass is 10.2. The zero-order valence-electron chi connectivity index (χ0n) is 14.8. The molecule has 5 heteroatoms. The Kier molecular flexibility index (Phi) is 5.14. The third-order valence-corrected chi connectivity index (χ3v) is 5.62. The number of nitrogens with zero attached hydrogens (tertiary/aromatic N) is 1. The van der Waals surface area contributed by atoms with Crippen molar-refractivity contribution in [3.63, 3.8) is 0 Å². The minimum absolute atomic E-state index is 0.0390. The van der Waals surface area contributed by atoms with E-state index in [9.17, 15) is 9.90 Å². The summed E-state index contributed by atoms with van der Waals surface area (Å²) in [5.41, 5.74) is 3.76. The van der Waals surface area contributed by atoms with E-state index in [4.69, 9.17) is 0 Å². The van der Waals surface area contributed by atoms with E-state index in [0.717, 1.165) is 16.9 Å². The van der Waals surface area contributed by atoms with Gasteiger partial charge in [0.05, 0.1) is 18.0 Å². The maximum atomic E-state index is 12.5. The summed E-state index contributed by atoms with van der Waals surface area (Å²) in [7, 11) is 0. The van der Waals surface area contributed by atoms with Gasteiger partial charge < -0.3 is 15.3 Å². The molecule has 1 aliphatic heterocycles. The van der Waals surface area contributed by atoms with Crippen LogP contribution in [0, 0.1) is 0 Å². The number of aliphatic hydroxyl groups is 1. The molecule has 27 heavy (non-hydrogen) atoms. The fourth-order valence-electron chi connectivity index (χ4n) is 3.21. The summed E-state index contributed by atoms with van der Waals surface area (Å²) in [5.74, 6) is -0.0433. The average molecular weight is 376 g/mol. The lowest BCUT2D eigenvalue weighted by molar-refractivity contribution is -0.116. The van der Waals surface area contributed by atoms with Crippen LogP contribution in [0.5, 0.6) is 0 Å². The quantitative estimate of drug-likeness (QED) is 0.671. The standard InChI is InChI=1S/C22H20N2O2S/c25-15-16-6-5-7-17(14-16)23-22(26)12-13-24-18-8-1-3-10-20(18)27-21-11-4-2-9-19(21)24/h1-11,14,25H,12-13,15H2,(H,23,26). The number of amides is 1. The predicted molar refractivity (Wildman–Crippen MR) is 110 cm³/mol. The Balaban J connectivity index is 1.50. The third-order valence-electron chi connectivity index (χ3n) is 4.49. The molecule has 1 aliphatic rings. The van der Waals surface area contributed by atoms with Crippen molar-refractivity contribution in [1.29, 1.82) is 0 Å². The van der Waals surface area contributed by atoms with Gasteiger partial charge >= 0.3 is 0 Å². The van der Waals surface area contributed by atoms with Gasteiger partial charge in [-0.05, 0) is 42.0 Å². The van der Waals surface area contributed by atoms with Crippen LogP contribution in [0.15, 0.2) is 82.6 Å². The highest BCUT2D eigenvalue weighted by Gasteiger charge is 2.23. The number of carbonyl (C=O) groups is 1. The minimum Gasteiger partial charge on any atom is -0.392 e. The molecular weight excluding hydrogens is 356 g/mol. The summed E-state index contributed by atoms with van der Waals surface area (Å²) in [6.45, 7) is 0.558. The van der Waals surface area contributed by atoms with E-state index in [1.807, 2.05) is 42.5 Å². The molecule has 3 aromatic rings. The van der Waals surface area contributed by atoms with Crippen LogP contribution in [0.2, 0.25) is 0 Å². The van der Waals surface area contributed by atoms with Crippen LogP contribution in [0.1, 0.15) is 12.0 Å². The van der Waals surface area contributed by atoms with Crippen LogP contribution < -0.4 is 10.2 Å². The number of para-hydroxylation sites is 2. The summed E-state index contributed by atoms with van der Waals surface area (Å²) >= 11 is 1.76. The number of carbonyl (C=O) groups excluding carboxylic acids is 1. The van der Waals surface area contributed by atoms with E-state index in [0.29, 0.717) is 18.7 Å². The number of hydrogen-bond donors (Lipinski definition) is 2. The molecule has 4 nitrogen and oxygen atoms in total. The molecule has 2 N–H and O–H groups in total. The molecular formula is C22H20N2O2S. The Labute approximate surface area is 162 Å². The van der Waals surface area contributed by atoms with Crippen molar-refractivity contribution in [1.82, 2.24) is 0 Å². The molecule has 1 heterocycles. The van der Waals surface area contributed by atoms with Gasteiger partial charge in [-0.3, -0.25) is 4.79 Å². The number of aliphatic hydroxyl groups excluding tert-OH is 1. The lowest BCUT2D eigenvalue weighted by Gasteiger charge is -2.32. The molecule has 4 rings (SSSR count). The molecule has 136 valence electrons. The predicted octanol–water partition coefficient (Wildman–Crippen LogP) is 4.81. The van der Waals surface area contributed by atoms with E-state index < -0.39 is 0 Å². The Morgan fingerprint density at radius 2 is 1.59 bits per heavy atom. The molecule has 0 spiro atoms. The normalized spacial score (nSPS) is 12.3. The van der Waals surface area contributed by atoms with Gasteiger partial charge in [-0.15, -0.1) is 0 Å². The Hall–Kier alpha value is -2.76. The maximum Gasteiger partial charge on any atom is 0.226 e. The molecule has 0 bridgehead atoms. The zero-order chi connectivity index (χ0) is 18.6. The van der Waals surface area contributed by atoms with Gasteiger partial charge in [-0.2, -0.15) is 0 Å². The van der Waals surface area contributed by atoms with Crippen molar-refractivity contribution in [3.8, 4) is 0 Å². The fraction of sp³-hybridized carbons (Fsp3) is 0.136. The molecule has 0 unspecified atom stereocenters. The topological polar surface area (TPSA) is 52.6 Å². The summed E-state index contributed by atoms with van der Waals surface area (Å²) in [6, 6.07) is 23.8. The van der Waals surface area contributed by atoms with Gasteiger partial charge in [0.25, 0.3) is 0 Å². The number of benzene rings is 3. The first-order valence-corrected chi connectivity index (χ1v) is 9.69. The van der Waals surface area contributed by atoms with Crippen molar-refractivity contribution < 1.29 is 9.90 Å². The second-order valence-electron chi connectivity index (χ2n) is 6.35. The Morgan fingerprint density at radius 1 is 0.926 bits per heavy atom. The number of rotatable bonds is 5. The van der Waals surface area contributed by atoms with Crippen LogP contribution in [-0.4, -0.2) is 17.6 Å². The summed E-state index contributed by atoms with van der Waals surface area (Å²) in [4.78, 5) is 17.1. The number of anilines is 3. The van der Waals surface area contributed by atoms with Crippen LogP contribution in [-0.2, 0) is 11.4 Å². The SMILES string of the molecule is O=C(CCN1c2ccccc2Sc2ccccc21)Nc1cccc(CO)c1. The van der Waals surface area contributed by atoms with Gasteiger partial charge in [-0.25, -0.2) is 0 Å². The van der Waals surface area contributed by atoms with Gasteiger partial charge in [0, 0.05) is 28.4 Å². The molecule has 0 atom stereocenters. The smallest absolute Gasteiger partial charge is 0.226 e. The maximum absolute atomic E-state index is 12.5. The van der Waals surface area contributed by atoms with Crippen molar-refractivity contribution in [2.24, 2.45) is 0 Å². The first-order valence-electron chi connectivity index (χ1n) is 8.88. The van der Waals surface area contributed by atoms with E-state index in [1.165, 1.54) is 9.79 Å². The van der Waals surface area contributed by atoms with E-state index in [-0.39, 0.29) is 12.5 Å². The number of fused-ring (bicyclic) bond motifs is 2. The highest BCUT2D eigenvalue weighted by Crippen LogP contribution is 2.47. The summed E-state index contributed by atoms with van der Waals surface area (Å²) in [5, 5.41) is 12.2. The second kappa shape index (κ2) is 7.86.